The van der Waals surface area contributed by atoms with Crippen molar-refractivity contribution in [3.8, 4) is 0 Å². The van der Waals surface area contributed by atoms with E-state index in [4.69, 9.17) is 23.2 Å². The predicted molar refractivity (Wildman–Crippen MR) is 127 cm³/mol. The van der Waals surface area contributed by atoms with Crippen molar-refractivity contribution >= 4 is 46.8 Å². The Hall–Kier alpha value is -1.76. The van der Waals surface area contributed by atoms with Crippen LogP contribution in [0.4, 0.5) is 4.39 Å². The smallest absolute Gasteiger partial charge is 0.242 e. The molecule has 2 rings (SSSR count). The van der Waals surface area contributed by atoms with Crippen LogP contribution in [-0.2, 0) is 21.9 Å². The largest absolute Gasteiger partial charge is 0.352 e. The summed E-state index contributed by atoms with van der Waals surface area (Å²) in [4.78, 5) is 27.2. The van der Waals surface area contributed by atoms with Crippen LogP contribution in [-0.4, -0.2) is 34.6 Å². The maximum atomic E-state index is 13.3. The fraction of sp³-hybridized carbons (Fsp3) is 0.391. The van der Waals surface area contributed by atoms with Crippen LogP contribution in [0.5, 0.6) is 0 Å². The molecule has 0 aliphatic carbocycles. The lowest BCUT2D eigenvalue weighted by atomic mass is 10.1. The van der Waals surface area contributed by atoms with E-state index >= 15 is 0 Å². The van der Waals surface area contributed by atoms with Crippen molar-refractivity contribution in [1.82, 2.24) is 10.2 Å². The monoisotopic (exact) mass is 484 g/mol. The molecule has 2 atom stereocenters. The third kappa shape index (κ3) is 8.02. The number of halogens is 3. The van der Waals surface area contributed by atoms with Crippen molar-refractivity contribution in [2.45, 2.75) is 51.6 Å². The number of nitrogens with zero attached hydrogens (tertiary/aromatic N) is 1. The number of rotatable bonds is 10. The molecule has 0 bridgehead atoms. The van der Waals surface area contributed by atoms with Gasteiger partial charge in [0.25, 0.3) is 0 Å². The Morgan fingerprint density at radius 1 is 1.06 bits per heavy atom. The van der Waals surface area contributed by atoms with Gasteiger partial charge in [-0.15, -0.1) is 11.8 Å². The van der Waals surface area contributed by atoms with E-state index in [-0.39, 0.29) is 36.0 Å². The number of thioether (sulfide) groups is 1. The molecule has 0 saturated carbocycles. The molecule has 31 heavy (non-hydrogen) atoms. The molecule has 0 fully saturated rings. The molecule has 0 aliphatic rings. The van der Waals surface area contributed by atoms with Gasteiger partial charge in [-0.1, -0.05) is 48.3 Å². The molecule has 0 aromatic heterocycles. The first-order valence-corrected chi connectivity index (χ1v) is 12.0. The molecular formula is C23H27Cl2FN2O2S. The first kappa shape index (κ1) is 25.5. The van der Waals surface area contributed by atoms with Crippen LogP contribution in [0.1, 0.15) is 38.3 Å². The number of amides is 2. The Kier molecular flexibility index (Phi) is 10.1. The molecule has 0 aliphatic heterocycles. The molecule has 2 aromatic rings. The highest BCUT2D eigenvalue weighted by atomic mass is 35.5. The zero-order chi connectivity index (χ0) is 23.0. The first-order valence-electron chi connectivity index (χ1n) is 10.1. The van der Waals surface area contributed by atoms with E-state index in [0.717, 1.165) is 17.5 Å². The minimum absolute atomic E-state index is 0.0155. The second-order valence-electron chi connectivity index (χ2n) is 7.38. The van der Waals surface area contributed by atoms with Crippen molar-refractivity contribution in [2.24, 2.45) is 0 Å². The summed E-state index contributed by atoms with van der Waals surface area (Å²) in [5.41, 5.74) is 1.72. The highest BCUT2D eigenvalue weighted by molar-refractivity contribution is 7.99. The highest BCUT2D eigenvalue weighted by Gasteiger charge is 2.26. The van der Waals surface area contributed by atoms with Gasteiger partial charge in [0.1, 0.15) is 11.9 Å². The van der Waals surface area contributed by atoms with E-state index < -0.39 is 6.04 Å². The molecule has 0 heterocycles. The molecule has 2 aromatic carbocycles. The van der Waals surface area contributed by atoms with Crippen LogP contribution in [0.25, 0.3) is 0 Å². The zero-order valence-electron chi connectivity index (χ0n) is 17.8. The number of nitrogens with one attached hydrogen (secondary N) is 1. The Balaban J connectivity index is 2.07. The van der Waals surface area contributed by atoms with E-state index in [1.165, 1.54) is 28.8 Å². The van der Waals surface area contributed by atoms with Gasteiger partial charge in [-0.25, -0.2) is 4.39 Å². The van der Waals surface area contributed by atoms with E-state index in [2.05, 4.69) is 5.32 Å². The fourth-order valence-corrected chi connectivity index (χ4v) is 3.98. The number of carbonyl (C=O) groups is 2. The highest BCUT2D eigenvalue weighted by Crippen LogP contribution is 2.25. The van der Waals surface area contributed by atoms with Gasteiger partial charge >= 0.3 is 0 Å². The van der Waals surface area contributed by atoms with Crippen LogP contribution >= 0.6 is 35.0 Å². The Morgan fingerprint density at radius 3 is 2.32 bits per heavy atom. The summed E-state index contributed by atoms with van der Waals surface area (Å²) in [5, 5.41) is 3.88. The average molecular weight is 485 g/mol. The standard InChI is InChI=1S/C23H27Cl2FN2O2S/c1-4-15(2)27-23(30)16(3)28(12-17-5-8-19(26)9-6-17)22(29)14-31-13-18-7-10-20(24)21(25)11-18/h5-11,15-16H,4,12-14H2,1-3H3,(H,27,30). The van der Waals surface area contributed by atoms with Crippen molar-refractivity contribution in [1.29, 1.82) is 0 Å². The minimum atomic E-state index is -0.655. The molecule has 0 saturated heterocycles. The molecular weight excluding hydrogens is 458 g/mol. The summed E-state index contributed by atoms with van der Waals surface area (Å²) in [7, 11) is 0. The van der Waals surface area contributed by atoms with E-state index in [0.29, 0.717) is 15.8 Å². The molecule has 0 spiro atoms. The average Bonchev–Trinajstić information content (AvgIpc) is 2.75. The summed E-state index contributed by atoms with van der Waals surface area (Å²) < 4.78 is 13.3. The molecule has 1 N–H and O–H groups in total. The van der Waals surface area contributed by atoms with Crippen LogP contribution in [0.3, 0.4) is 0 Å². The summed E-state index contributed by atoms with van der Waals surface area (Å²) in [6.45, 7) is 5.84. The lowest BCUT2D eigenvalue weighted by Gasteiger charge is -2.29. The predicted octanol–water partition coefficient (Wildman–Crippen LogP) is 5.70. The second kappa shape index (κ2) is 12.3. The van der Waals surface area contributed by atoms with Gasteiger partial charge in [0.05, 0.1) is 15.8 Å². The number of hydrogen-bond donors (Lipinski definition) is 1. The maximum absolute atomic E-state index is 13.3. The van der Waals surface area contributed by atoms with E-state index in [1.807, 2.05) is 19.9 Å². The van der Waals surface area contributed by atoms with Crippen LogP contribution in [0.15, 0.2) is 42.5 Å². The van der Waals surface area contributed by atoms with Gasteiger partial charge in [0.15, 0.2) is 0 Å². The van der Waals surface area contributed by atoms with Gasteiger partial charge in [-0.05, 0) is 55.7 Å². The van der Waals surface area contributed by atoms with Gasteiger partial charge in [0.2, 0.25) is 11.8 Å². The lowest BCUT2D eigenvalue weighted by molar-refractivity contribution is -0.138. The summed E-state index contributed by atoms with van der Waals surface area (Å²) in [6, 6.07) is 10.7. The molecule has 4 nitrogen and oxygen atoms in total. The third-order valence-electron chi connectivity index (χ3n) is 4.91. The SMILES string of the molecule is CCC(C)NC(=O)C(C)N(Cc1ccc(F)cc1)C(=O)CSCc1ccc(Cl)c(Cl)c1. The molecule has 168 valence electrons. The van der Waals surface area contributed by atoms with Gasteiger partial charge in [-0.2, -0.15) is 0 Å². The Bertz CT molecular complexity index is 896. The van der Waals surface area contributed by atoms with E-state index in [1.54, 1.807) is 31.2 Å². The summed E-state index contributed by atoms with van der Waals surface area (Å²) in [5.74, 6) is 0.0601. The van der Waals surface area contributed by atoms with Crippen molar-refractivity contribution in [3.63, 3.8) is 0 Å². The van der Waals surface area contributed by atoms with Crippen LogP contribution < -0.4 is 5.32 Å². The Morgan fingerprint density at radius 2 is 1.71 bits per heavy atom. The van der Waals surface area contributed by atoms with Crippen molar-refractivity contribution < 1.29 is 14.0 Å². The zero-order valence-corrected chi connectivity index (χ0v) is 20.2. The first-order chi connectivity index (χ1) is 14.7. The fourth-order valence-electron chi connectivity index (χ4n) is 2.80. The summed E-state index contributed by atoms with van der Waals surface area (Å²) in [6.07, 6.45) is 0.796. The topological polar surface area (TPSA) is 49.4 Å². The van der Waals surface area contributed by atoms with Crippen molar-refractivity contribution in [2.75, 3.05) is 5.75 Å². The lowest BCUT2D eigenvalue weighted by Crippen LogP contribution is -2.50. The van der Waals surface area contributed by atoms with Gasteiger partial charge in [-0.3, -0.25) is 9.59 Å². The number of hydrogen-bond acceptors (Lipinski definition) is 3. The van der Waals surface area contributed by atoms with Crippen LogP contribution in [0, 0.1) is 5.82 Å². The minimum Gasteiger partial charge on any atom is -0.352 e. The van der Waals surface area contributed by atoms with Crippen molar-refractivity contribution in [3.05, 3.63) is 69.5 Å². The summed E-state index contributed by atoms with van der Waals surface area (Å²) >= 11 is 13.4. The normalized spacial score (nSPS) is 12.8. The number of carbonyl (C=O) groups excluding carboxylic acids is 2. The van der Waals surface area contributed by atoms with Gasteiger partial charge in [0, 0.05) is 18.3 Å². The molecule has 0 radical (unpaired) electrons. The van der Waals surface area contributed by atoms with Gasteiger partial charge < -0.3 is 10.2 Å². The number of benzene rings is 2. The molecule has 8 heteroatoms. The Labute approximate surface area is 197 Å². The molecule has 2 amide bonds. The van der Waals surface area contributed by atoms with Crippen LogP contribution in [0.2, 0.25) is 10.0 Å². The van der Waals surface area contributed by atoms with E-state index in [9.17, 15) is 14.0 Å². The maximum Gasteiger partial charge on any atom is 0.242 e. The second-order valence-corrected chi connectivity index (χ2v) is 9.18. The quantitative estimate of drug-likeness (QED) is 0.470. The third-order valence-corrected chi connectivity index (χ3v) is 6.64. The molecule has 2 unspecified atom stereocenters.